The summed E-state index contributed by atoms with van der Waals surface area (Å²) in [4.78, 5) is 25.2. The number of benzene rings is 1. The highest BCUT2D eigenvalue weighted by Gasteiger charge is 2.08. The van der Waals surface area contributed by atoms with Gasteiger partial charge in [0.25, 0.3) is 0 Å². The van der Waals surface area contributed by atoms with E-state index in [1.54, 1.807) is 36.8 Å². The zero-order chi connectivity index (χ0) is 20.9. The van der Waals surface area contributed by atoms with Crippen molar-refractivity contribution in [3.8, 4) is 22.4 Å². The highest BCUT2D eigenvalue weighted by atomic mass is 19.1. The SMILES string of the molecule is Cc1cc(-c2ccc(CC(=O)Nc3ccc(-c4cccc(F)c4)cn3)cn2)ccn1. The largest absolute Gasteiger partial charge is 0.310 e. The molecule has 3 aromatic heterocycles. The summed E-state index contributed by atoms with van der Waals surface area (Å²) >= 11 is 0. The third-order valence-corrected chi connectivity index (χ3v) is 4.57. The molecule has 0 aliphatic heterocycles. The lowest BCUT2D eigenvalue weighted by Crippen LogP contribution is -2.15. The Morgan fingerprint density at radius 3 is 2.50 bits per heavy atom. The number of hydrogen-bond donors (Lipinski definition) is 1. The molecule has 1 amide bonds. The Balaban J connectivity index is 1.38. The highest BCUT2D eigenvalue weighted by Crippen LogP contribution is 2.21. The Morgan fingerprint density at radius 1 is 0.900 bits per heavy atom. The quantitative estimate of drug-likeness (QED) is 0.523. The standard InChI is InChI=1S/C24H19FN4O/c1-16-11-19(9-10-26-16)22-7-5-17(14-27-22)12-24(30)29-23-8-6-20(15-28-23)18-3-2-4-21(25)13-18/h2-11,13-15H,12H2,1H3,(H,28,29,30). The molecule has 30 heavy (non-hydrogen) atoms. The normalized spacial score (nSPS) is 10.6. The third-order valence-electron chi connectivity index (χ3n) is 4.57. The van der Waals surface area contributed by atoms with Gasteiger partial charge in [0.1, 0.15) is 11.6 Å². The number of pyridine rings is 3. The molecule has 4 rings (SSSR count). The van der Waals surface area contributed by atoms with Gasteiger partial charge in [0.05, 0.1) is 12.1 Å². The molecule has 0 aliphatic carbocycles. The molecule has 0 saturated carbocycles. The Bertz CT molecular complexity index is 1080. The molecule has 0 spiro atoms. The predicted octanol–water partition coefficient (Wildman–Crippen LogP) is 4.83. The van der Waals surface area contributed by atoms with Crippen molar-refractivity contribution in [2.24, 2.45) is 0 Å². The average Bonchev–Trinajstić information content (AvgIpc) is 2.75. The van der Waals surface area contributed by atoms with Crippen LogP contribution in [0.25, 0.3) is 22.4 Å². The number of carbonyl (C=O) groups excluding carboxylic acids is 1. The van der Waals surface area contributed by atoms with E-state index in [0.29, 0.717) is 5.82 Å². The Morgan fingerprint density at radius 2 is 1.80 bits per heavy atom. The molecule has 0 unspecified atom stereocenters. The molecule has 1 aromatic carbocycles. The minimum atomic E-state index is -0.302. The first-order valence-corrected chi connectivity index (χ1v) is 9.47. The van der Waals surface area contributed by atoms with Gasteiger partial charge in [-0.1, -0.05) is 18.2 Å². The highest BCUT2D eigenvalue weighted by molar-refractivity contribution is 5.91. The van der Waals surface area contributed by atoms with Crippen molar-refractivity contribution < 1.29 is 9.18 Å². The van der Waals surface area contributed by atoms with Crippen LogP contribution in [0.3, 0.4) is 0 Å². The van der Waals surface area contributed by atoms with E-state index in [1.807, 2.05) is 37.3 Å². The van der Waals surface area contributed by atoms with Crippen LogP contribution < -0.4 is 5.32 Å². The molecule has 0 radical (unpaired) electrons. The number of nitrogens with one attached hydrogen (secondary N) is 1. The van der Waals surface area contributed by atoms with Crippen LogP contribution in [0.15, 0.2) is 79.3 Å². The van der Waals surface area contributed by atoms with E-state index in [4.69, 9.17) is 0 Å². The van der Waals surface area contributed by atoms with Crippen LogP contribution in [-0.2, 0) is 11.2 Å². The molecule has 148 valence electrons. The average molecular weight is 398 g/mol. The van der Waals surface area contributed by atoms with Gasteiger partial charge >= 0.3 is 0 Å². The first-order valence-electron chi connectivity index (χ1n) is 9.47. The number of nitrogens with zero attached hydrogens (tertiary/aromatic N) is 3. The van der Waals surface area contributed by atoms with E-state index >= 15 is 0 Å². The monoisotopic (exact) mass is 398 g/mol. The first kappa shape index (κ1) is 19.4. The lowest BCUT2D eigenvalue weighted by atomic mass is 10.1. The van der Waals surface area contributed by atoms with Gasteiger partial charge in [-0.2, -0.15) is 0 Å². The van der Waals surface area contributed by atoms with Gasteiger partial charge in [-0.15, -0.1) is 0 Å². The molecule has 0 aliphatic rings. The van der Waals surface area contributed by atoms with E-state index in [1.165, 1.54) is 12.1 Å². The number of aryl methyl sites for hydroxylation is 1. The van der Waals surface area contributed by atoms with Crippen LogP contribution in [-0.4, -0.2) is 20.9 Å². The molecule has 5 nitrogen and oxygen atoms in total. The molecule has 4 aromatic rings. The first-order chi connectivity index (χ1) is 14.6. The summed E-state index contributed by atoms with van der Waals surface area (Å²) in [5.41, 5.74) is 5.06. The van der Waals surface area contributed by atoms with Gasteiger partial charge in [0.2, 0.25) is 5.91 Å². The van der Waals surface area contributed by atoms with E-state index < -0.39 is 0 Å². The lowest BCUT2D eigenvalue weighted by Gasteiger charge is -2.07. The van der Waals surface area contributed by atoms with Crippen LogP contribution in [0.1, 0.15) is 11.3 Å². The van der Waals surface area contributed by atoms with Crippen molar-refractivity contribution in [3.05, 3.63) is 96.3 Å². The van der Waals surface area contributed by atoms with Crippen molar-refractivity contribution >= 4 is 11.7 Å². The third kappa shape index (κ3) is 4.72. The number of aromatic nitrogens is 3. The molecule has 0 atom stereocenters. The fourth-order valence-electron chi connectivity index (χ4n) is 3.08. The summed E-state index contributed by atoms with van der Waals surface area (Å²) < 4.78 is 13.4. The number of amides is 1. The van der Waals surface area contributed by atoms with Crippen LogP contribution >= 0.6 is 0 Å². The zero-order valence-corrected chi connectivity index (χ0v) is 16.3. The van der Waals surface area contributed by atoms with Crippen molar-refractivity contribution in [3.63, 3.8) is 0 Å². The Hall–Kier alpha value is -3.93. The minimum Gasteiger partial charge on any atom is -0.310 e. The summed E-state index contributed by atoms with van der Waals surface area (Å²) in [6, 6.07) is 17.4. The second-order valence-corrected chi connectivity index (χ2v) is 6.91. The van der Waals surface area contributed by atoms with Crippen molar-refractivity contribution in [1.82, 2.24) is 15.0 Å². The maximum absolute atomic E-state index is 13.4. The molecule has 3 heterocycles. The van der Waals surface area contributed by atoms with Gasteiger partial charge < -0.3 is 5.32 Å². The Kier molecular flexibility index (Phi) is 5.57. The second-order valence-electron chi connectivity index (χ2n) is 6.91. The minimum absolute atomic E-state index is 0.185. The maximum Gasteiger partial charge on any atom is 0.230 e. The summed E-state index contributed by atoms with van der Waals surface area (Å²) in [6.07, 6.45) is 5.25. The van der Waals surface area contributed by atoms with Gasteiger partial charge in [-0.3, -0.25) is 14.8 Å². The molecular formula is C24H19FN4O. The van der Waals surface area contributed by atoms with Crippen LogP contribution in [0.4, 0.5) is 10.2 Å². The lowest BCUT2D eigenvalue weighted by molar-refractivity contribution is -0.115. The van der Waals surface area contributed by atoms with Crippen molar-refractivity contribution in [2.45, 2.75) is 13.3 Å². The van der Waals surface area contributed by atoms with E-state index in [-0.39, 0.29) is 18.1 Å². The summed E-state index contributed by atoms with van der Waals surface area (Å²) in [5, 5.41) is 2.77. The number of hydrogen-bond acceptors (Lipinski definition) is 4. The number of rotatable bonds is 5. The molecule has 0 fully saturated rings. The molecule has 6 heteroatoms. The van der Waals surface area contributed by atoms with Crippen molar-refractivity contribution in [2.75, 3.05) is 5.32 Å². The van der Waals surface area contributed by atoms with Crippen LogP contribution in [0.5, 0.6) is 0 Å². The zero-order valence-electron chi connectivity index (χ0n) is 16.3. The van der Waals surface area contributed by atoms with E-state index in [2.05, 4.69) is 20.3 Å². The Labute approximate surface area is 173 Å². The fraction of sp³-hybridized carbons (Fsp3) is 0.0833. The fourth-order valence-corrected chi connectivity index (χ4v) is 3.08. The van der Waals surface area contributed by atoms with Gasteiger partial charge in [0, 0.05) is 35.4 Å². The van der Waals surface area contributed by atoms with Crippen LogP contribution in [0.2, 0.25) is 0 Å². The van der Waals surface area contributed by atoms with Crippen molar-refractivity contribution in [1.29, 1.82) is 0 Å². The second kappa shape index (κ2) is 8.61. The summed E-state index contributed by atoms with van der Waals surface area (Å²) in [6.45, 7) is 1.93. The predicted molar refractivity (Wildman–Crippen MR) is 114 cm³/mol. The molecule has 0 saturated heterocycles. The van der Waals surface area contributed by atoms with Gasteiger partial charge in [0.15, 0.2) is 0 Å². The molecular weight excluding hydrogens is 379 g/mol. The molecule has 0 bridgehead atoms. The van der Waals surface area contributed by atoms with E-state index in [9.17, 15) is 9.18 Å². The maximum atomic E-state index is 13.4. The number of carbonyl (C=O) groups is 1. The number of anilines is 1. The smallest absolute Gasteiger partial charge is 0.230 e. The summed E-state index contributed by atoms with van der Waals surface area (Å²) in [7, 11) is 0. The van der Waals surface area contributed by atoms with Gasteiger partial charge in [-0.25, -0.2) is 9.37 Å². The van der Waals surface area contributed by atoms with Crippen LogP contribution in [0, 0.1) is 12.7 Å². The summed E-state index contributed by atoms with van der Waals surface area (Å²) in [5.74, 6) is -0.0455. The van der Waals surface area contributed by atoms with Gasteiger partial charge in [-0.05, 0) is 60.5 Å². The van der Waals surface area contributed by atoms with E-state index in [0.717, 1.165) is 33.6 Å². The topological polar surface area (TPSA) is 67.8 Å². The molecule has 1 N–H and O–H groups in total. The number of halogens is 1.